The normalized spacial score (nSPS) is 22.1. The number of carbonyl (C=O) groups excluding carboxylic acids is 4. The fourth-order valence-electron chi connectivity index (χ4n) is 12.4. The first-order valence-corrected chi connectivity index (χ1v) is 25.8. The van der Waals surface area contributed by atoms with Crippen LogP contribution in [0.15, 0.2) is 82.8 Å². The average molecular weight is 945 g/mol. The average Bonchev–Trinajstić information content (AvgIpc) is 4.19. The summed E-state index contributed by atoms with van der Waals surface area (Å²) in [7, 11) is 2.66. The van der Waals surface area contributed by atoms with Gasteiger partial charge in [-0.1, -0.05) is 89.1 Å². The molecule has 12 nitrogen and oxygen atoms in total. The summed E-state index contributed by atoms with van der Waals surface area (Å²) in [5.41, 5.74) is 16.6. The highest BCUT2D eigenvalue weighted by Crippen LogP contribution is 2.44. The molecule has 4 aromatic rings. The molecule has 12 heteroatoms. The first-order valence-electron chi connectivity index (χ1n) is 25.8. The Hall–Kier alpha value is -6.30. The van der Waals surface area contributed by atoms with Crippen molar-refractivity contribution in [1.29, 1.82) is 0 Å². The van der Waals surface area contributed by atoms with Crippen LogP contribution in [-0.4, -0.2) is 96.2 Å². The van der Waals surface area contributed by atoms with Gasteiger partial charge in [-0.3, -0.25) is 19.6 Å². The number of hydrogen-bond acceptors (Lipinski definition) is 8. The minimum absolute atomic E-state index is 0.0261. The fraction of sp³-hybridized carbons (Fsp3) is 0.483. The quantitative estimate of drug-likeness (QED) is 0.162. The number of likely N-dealkylation sites (tertiary alicyclic amines) is 2. The second kappa shape index (κ2) is 19.8. The number of aliphatic imine (C=N–C) groups is 2. The van der Waals surface area contributed by atoms with Crippen LogP contribution in [-0.2, 0) is 57.6 Å². The number of aryl methyl sites for hydroxylation is 4. The zero-order chi connectivity index (χ0) is 48.8. The molecule has 4 heterocycles. The highest BCUT2D eigenvalue weighted by atomic mass is 16.5. The molecule has 3 unspecified atom stereocenters. The lowest BCUT2D eigenvalue weighted by atomic mass is 9.84. The molecule has 13 rings (SSSR count). The number of hydrogen-bond donors (Lipinski definition) is 2. The van der Waals surface area contributed by atoms with Gasteiger partial charge in [0.25, 0.3) is 0 Å². The van der Waals surface area contributed by atoms with E-state index in [1.165, 1.54) is 76.3 Å². The number of nitrogens with zero attached hydrogens (tertiary/aromatic N) is 4. The van der Waals surface area contributed by atoms with Gasteiger partial charge in [-0.05, 0) is 155 Å². The largest absolute Gasteiger partial charge is 0.453 e. The van der Waals surface area contributed by atoms with Gasteiger partial charge in [-0.15, -0.1) is 0 Å². The Morgan fingerprint density at radius 1 is 0.586 bits per heavy atom. The summed E-state index contributed by atoms with van der Waals surface area (Å²) >= 11 is 0. The summed E-state index contributed by atoms with van der Waals surface area (Å²) in [5.74, 6) is 0.155. The molecule has 3 fully saturated rings. The van der Waals surface area contributed by atoms with E-state index in [-0.39, 0.29) is 41.8 Å². The SMILES string of the molecule is COC(=O)N[C@H](C(=O)N1CCCC1C1=Nc2ccc(-c3cc4ccc3CCc3ccc(c(-c5ccc6c(c5)CC([C@@H]5CC7CCCCC7N5C(=O)[C@@H](NC(=O)OC)C(C)C)=N6)c3)CC4)cc2C1)C(C)C. The van der Waals surface area contributed by atoms with E-state index in [1.807, 2.05) is 32.6 Å². The Balaban J connectivity index is 0.848. The molecule has 0 radical (unpaired) electrons. The Morgan fingerprint density at radius 2 is 1.11 bits per heavy atom. The van der Waals surface area contributed by atoms with Crippen molar-refractivity contribution in [2.75, 3.05) is 20.8 Å². The summed E-state index contributed by atoms with van der Waals surface area (Å²) in [4.78, 5) is 67.3. The molecule has 70 heavy (non-hydrogen) atoms. The predicted molar refractivity (Wildman–Crippen MR) is 274 cm³/mol. The second-order valence-corrected chi connectivity index (χ2v) is 21.2. The van der Waals surface area contributed by atoms with E-state index in [4.69, 9.17) is 19.5 Å². The molecule has 4 amide bonds. The lowest BCUT2D eigenvalue weighted by molar-refractivity contribution is -0.137. The lowest BCUT2D eigenvalue weighted by Gasteiger charge is -2.37. The number of fused-ring (bicyclic) bond motifs is 3. The molecule has 1 saturated carbocycles. The maximum Gasteiger partial charge on any atom is 0.407 e. The Morgan fingerprint density at radius 3 is 1.66 bits per heavy atom. The molecule has 0 spiro atoms. The van der Waals surface area contributed by atoms with Crippen molar-refractivity contribution in [1.82, 2.24) is 20.4 Å². The third kappa shape index (κ3) is 9.26. The van der Waals surface area contributed by atoms with Crippen LogP contribution in [0.5, 0.6) is 0 Å². The molecule has 366 valence electrons. The number of carbonyl (C=O) groups is 4. The summed E-state index contributed by atoms with van der Waals surface area (Å²) in [5, 5.41) is 5.62. The van der Waals surface area contributed by atoms with Crippen LogP contribution in [0.3, 0.4) is 0 Å². The van der Waals surface area contributed by atoms with Crippen molar-refractivity contribution >= 4 is 46.8 Å². The van der Waals surface area contributed by atoms with Crippen LogP contribution in [0.1, 0.15) is 106 Å². The standard InChI is InChI=1S/C58H68N6O6/c1-33(2)53(61-57(67)69-5)55(65)63-25-9-12-51(63)48-30-42-28-39(21-23-46(42)59-48)44-26-35-13-17-37(44)18-14-36-16-20-38(19-15-35)45(27-36)40-22-24-47-43(29-40)31-49(60-47)52-32-41-10-7-8-11-50(41)64(52)56(66)54(34(3)4)62-58(68)70-6/h13,16-17,20-24,26-29,33-34,41,50-54H,7-12,14-15,18-19,25,30-32H2,1-6H3,(H,61,67)(H,62,68)/t41?,50?,51?,52-,53-,54-/m0/s1. The smallest absolute Gasteiger partial charge is 0.407 e. The monoisotopic (exact) mass is 945 g/mol. The summed E-state index contributed by atoms with van der Waals surface area (Å²) in [6.45, 7) is 8.48. The van der Waals surface area contributed by atoms with Gasteiger partial charge >= 0.3 is 12.2 Å². The van der Waals surface area contributed by atoms with Gasteiger partial charge in [0.1, 0.15) is 12.1 Å². The van der Waals surface area contributed by atoms with Crippen molar-refractivity contribution in [3.05, 3.63) is 106 Å². The summed E-state index contributed by atoms with van der Waals surface area (Å²) in [6, 6.07) is 26.1. The van der Waals surface area contributed by atoms with Crippen molar-refractivity contribution in [2.45, 2.75) is 141 Å². The highest BCUT2D eigenvalue weighted by Gasteiger charge is 2.49. The number of amides is 4. The van der Waals surface area contributed by atoms with E-state index in [1.54, 1.807) is 0 Å². The second-order valence-electron chi connectivity index (χ2n) is 21.2. The van der Waals surface area contributed by atoms with Gasteiger partial charge in [-0.25, -0.2) is 9.59 Å². The van der Waals surface area contributed by atoms with E-state index in [0.717, 1.165) is 87.0 Å². The van der Waals surface area contributed by atoms with Crippen molar-refractivity contribution in [3.8, 4) is 22.3 Å². The first kappa shape index (κ1) is 47.4. The summed E-state index contributed by atoms with van der Waals surface area (Å²) in [6.07, 6.45) is 10.9. The predicted octanol–water partition coefficient (Wildman–Crippen LogP) is 10.1. The highest BCUT2D eigenvalue weighted by molar-refractivity contribution is 6.02. The topological polar surface area (TPSA) is 142 Å². The zero-order valence-electron chi connectivity index (χ0n) is 41.7. The molecule has 0 aromatic heterocycles. The number of methoxy groups -OCH3 is 2. The van der Waals surface area contributed by atoms with Crippen LogP contribution in [0.25, 0.3) is 22.3 Å². The van der Waals surface area contributed by atoms with Crippen molar-refractivity contribution < 1.29 is 28.7 Å². The van der Waals surface area contributed by atoms with E-state index >= 15 is 0 Å². The van der Waals surface area contributed by atoms with Crippen LogP contribution in [0, 0.1) is 17.8 Å². The molecule has 4 aromatic carbocycles. The molecule has 5 aliphatic carbocycles. The van der Waals surface area contributed by atoms with E-state index in [2.05, 4.69) is 88.3 Å². The van der Waals surface area contributed by atoms with Crippen LogP contribution < -0.4 is 10.6 Å². The van der Waals surface area contributed by atoms with Gasteiger partial charge in [0.2, 0.25) is 11.8 Å². The van der Waals surface area contributed by atoms with E-state index in [0.29, 0.717) is 25.3 Å². The third-order valence-corrected chi connectivity index (χ3v) is 16.2. The molecule has 4 bridgehead atoms. The minimum atomic E-state index is -0.664. The Kier molecular flexibility index (Phi) is 13.4. The number of nitrogens with one attached hydrogen (secondary N) is 2. The molecule has 9 aliphatic rings. The van der Waals surface area contributed by atoms with Crippen LogP contribution in [0.4, 0.5) is 21.0 Å². The Bertz CT molecular complexity index is 2780. The first-order chi connectivity index (χ1) is 33.9. The molecular weight excluding hydrogens is 877 g/mol. The zero-order valence-corrected chi connectivity index (χ0v) is 41.7. The molecule has 2 N–H and O–H groups in total. The molecule has 2 saturated heterocycles. The van der Waals surface area contributed by atoms with Crippen molar-refractivity contribution in [3.63, 3.8) is 0 Å². The molecule has 4 aliphatic heterocycles. The fourth-order valence-corrected chi connectivity index (χ4v) is 12.4. The number of rotatable bonds is 10. The van der Waals surface area contributed by atoms with Crippen LogP contribution >= 0.6 is 0 Å². The van der Waals surface area contributed by atoms with Gasteiger partial charge in [0.05, 0.1) is 37.7 Å². The lowest BCUT2D eigenvalue weighted by Crippen LogP contribution is -2.56. The number of alkyl carbamates (subject to hydrolysis) is 2. The van der Waals surface area contributed by atoms with Crippen molar-refractivity contribution in [2.24, 2.45) is 27.7 Å². The molecular formula is C58H68N6O6. The minimum Gasteiger partial charge on any atom is -0.453 e. The van der Waals surface area contributed by atoms with Crippen LogP contribution in [0.2, 0.25) is 0 Å². The summed E-state index contributed by atoms with van der Waals surface area (Å²) < 4.78 is 9.78. The Labute approximate surface area is 412 Å². The molecule has 6 atom stereocenters. The van der Waals surface area contributed by atoms with Gasteiger partial charge in [0, 0.05) is 36.9 Å². The third-order valence-electron chi connectivity index (χ3n) is 16.2. The van der Waals surface area contributed by atoms with E-state index in [9.17, 15) is 19.2 Å². The van der Waals surface area contributed by atoms with Gasteiger partial charge < -0.3 is 29.9 Å². The van der Waals surface area contributed by atoms with Gasteiger partial charge in [-0.2, -0.15) is 0 Å². The maximum atomic E-state index is 14.5. The maximum absolute atomic E-state index is 14.5. The van der Waals surface area contributed by atoms with E-state index < -0.39 is 24.3 Å². The van der Waals surface area contributed by atoms with Gasteiger partial charge in [0.15, 0.2) is 0 Å². The number of ether oxygens (including phenoxy) is 2. The number of benzene rings is 4.